The molecule has 0 aromatic heterocycles. The zero-order valence-corrected chi connectivity index (χ0v) is 19.9. The molecule has 3 amide bonds. The molecule has 0 bridgehead atoms. The van der Waals surface area contributed by atoms with E-state index in [1.807, 2.05) is 13.8 Å². The second-order valence-corrected chi connectivity index (χ2v) is 10.00. The quantitative estimate of drug-likeness (QED) is 0.531. The van der Waals surface area contributed by atoms with Gasteiger partial charge in [-0.1, -0.05) is 27.7 Å². The molecule has 9 heteroatoms. The van der Waals surface area contributed by atoms with E-state index in [0.29, 0.717) is 32.4 Å². The molecule has 0 saturated carbocycles. The highest BCUT2D eigenvalue weighted by Gasteiger charge is 2.34. The Kier molecular flexibility index (Phi) is 9.77. The summed E-state index contributed by atoms with van der Waals surface area (Å²) in [5.74, 6) is -1.91. The van der Waals surface area contributed by atoms with Gasteiger partial charge in [0.25, 0.3) is 0 Å². The van der Waals surface area contributed by atoms with Crippen LogP contribution in [0.2, 0.25) is 0 Å². The number of likely N-dealkylation sites (tertiary alicyclic amines) is 1. The number of amides is 3. The minimum absolute atomic E-state index is 0.191. The van der Waals surface area contributed by atoms with E-state index in [9.17, 15) is 24.3 Å². The van der Waals surface area contributed by atoms with Crippen LogP contribution in [-0.2, 0) is 19.1 Å². The molecular weight excluding hydrogens is 402 g/mol. The van der Waals surface area contributed by atoms with Gasteiger partial charge in [0, 0.05) is 19.0 Å². The van der Waals surface area contributed by atoms with Crippen molar-refractivity contribution in [2.24, 2.45) is 17.8 Å². The van der Waals surface area contributed by atoms with Gasteiger partial charge in [-0.2, -0.15) is 0 Å². The van der Waals surface area contributed by atoms with Crippen LogP contribution in [0.4, 0.5) is 4.79 Å². The first kappa shape index (κ1) is 26.7. The summed E-state index contributed by atoms with van der Waals surface area (Å²) in [7, 11) is 0. The van der Waals surface area contributed by atoms with Gasteiger partial charge in [-0.15, -0.1) is 0 Å². The molecule has 9 nitrogen and oxygen atoms in total. The Balaban J connectivity index is 2.70. The fourth-order valence-electron chi connectivity index (χ4n) is 3.51. The number of carboxylic acid groups (broad SMARTS) is 1. The molecular formula is C22H39N3O6. The van der Waals surface area contributed by atoms with Crippen LogP contribution in [0.15, 0.2) is 0 Å². The summed E-state index contributed by atoms with van der Waals surface area (Å²) in [4.78, 5) is 50.7. The minimum Gasteiger partial charge on any atom is -0.480 e. The molecule has 0 aliphatic carbocycles. The Morgan fingerprint density at radius 2 is 1.58 bits per heavy atom. The summed E-state index contributed by atoms with van der Waals surface area (Å²) in [6.45, 7) is 13.5. The summed E-state index contributed by atoms with van der Waals surface area (Å²) >= 11 is 0. The lowest BCUT2D eigenvalue weighted by atomic mass is 9.93. The van der Waals surface area contributed by atoms with Crippen molar-refractivity contribution in [3.05, 3.63) is 0 Å². The van der Waals surface area contributed by atoms with Crippen LogP contribution in [0, 0.1) is 17.8 Å². The first-order valence-electron chi connectivity index (χ1n) is 11.0. The molecule has 0 aromatic carbocycles. The van der Waals surface area contributed by atoms with Gasteiger partial charge in [-0.3, -0.25) is 9.59 Å². The largest absolute Gasteiger partial charge is 0.480 e. The summed E-state index contributed by atoms with van der Waals surface area (Å²) < 4.78 is 5.29. The third kappa shape index (κ3) is 9.14. The van der Waals surface area contributed by atoms with Gasteiger partial charge >= 0.3 is 12.1 Å². The van der Waals surface area contributed by atoms with E-state index in [-0.39, 0.29) is 29.6 Å². The Hall–Kier alpha value is -2.32. The summed E-state index contributed by atoms with van der Waals surface area (Å²) in [5.41, 5.74) is -0.662. The normalized spacial score (nSPS) is 17.3. The van der Waals surface area contributed by atoms with Gasteiger partial charge < -0.3 is 25.4 Å². The van der Waals surface area contributed by atoms with E-state index in [2.05, 4.69) is 10.6 Å². The first-order chi connectivity index (χ1) is 14.2. The standard InChI is InChI=1S/C22H39N3O6/c1-13(2)12-16(23-21(30)31-22(5,6)7)19(27)25-10-8-15(9-11-25)18(26)24-17(14(3)4)20(28)29/h13-17H,8-12H2,1-7H3,(H,23,30)(H,24,26)(H,28,29). The maximum atomic E-state index is 13.0. The highest BCUT2D eigenvalue weighted by Crippen LogP contribution is 2.20. The second-order valence-electron chi connectivity index (χ2n) is 10.00. The predicted octanol–water partition coefficient (Wildman–Crippen LogP) is 2.39. The van der Waals surface area contributed by atoms with E-state index in [1.165, 1.54) is 0 Å². The van der Waals surface area contributed by atoms with Gasteiger partial charge in [-0.05, 0) is 51.9 Å². The van der Waals surface area contributed by atoms with Crippen LogP contribution in [0.25, 0.3) is 0 Å². The number of nitrogens with one attached hydrogen (secondary N) is 2. The van der Waals surface area contributed by atoms with Crippen LogP contribution >= 0.6 is 0 Å². The molecule has 0 radical (unpaired) electrons. The number of aliphatic carboxylic acids is 1. The third-order valence-electron chi connectivity index (χ3n) is 5.10. The van der Waals surface area contributed by atoms with Gasteiger partial charge in [0.05, 0.1) is 0 Å². The lowest BCUT2D eigenvalue weighted by molar-refractivity contribution is -0.144. The van der Waals surface area contributed by atoms with E-state index in [0.717, 1.165) is 0 Å². The molecule has 3 N–H and O–H groups in total. The molecule has 1 aliphatic rings. The van der Waals surface area contributed by atoms with E-state index in [4.69, 9.17) is 4.74 Å². The van der Waals surface area contributed by atoms with Crippen LogP contribution in [0.1, 0.15) is 67.7 Å². The highest BCUT2D eigenvalue weighted by molar-refractivity contribution is 5.87. The molecule has 1 heterocycles. The zero-order chi connectivity index (χ0) is 23.9. The molecule has 2 atom stereocenters. The number of rotatable bonds is 8. The summed E-state index contributed by atoms with van der Waals surface area (Å²) in [6.07, 6.45) is 0.743. The Morgan fingerprint density at radius 3 is 2.00 bits per heavy atom. The number of carbonyl (C=O) groups excluding carboxylic acids is 3. The molecule has 1 aliphatic heterocycles. The monoisotopic (exact) mass is 441 g/mol. The Labute approximate surface area is 185 Å². The average molecular weight is 442 g/mol. The van der Waals surface area contributed by atoms with Crippen molar-refractivity contribution in [3.63, 3.8) is 0 Å². The third-order valence-corrected chi connectivity index (χ3v) is 5.10. The number of carbonyl (C=O) groups is 4. The zero-order valence-electron chi connectivity index (χ0n) is 19.9. The van der Waals surface area contributed by atoms with Crippen molar-refractivity contribution in [2.75, 3.05) is 13.1 Å². The van der Waals surface area contributed by atoms with Crippen molar-refractivity contribution in [3.8, 4) is 0 Å². The maximum Gasteiger partial charge on any atom is 0.408 e. The fraction of sp³-hybridized carbons (Fsp3) is 0.818. The number of hydrogen-bond donors (Lipinski definition) is 3. The van der Waals surface area contributed by atoms with Crippen molar-refractivity contribution >= 4 is 23.9 Å². The average Bonchev–Trinajstić information content (AvgIpc) is 2.62. The van der Waals surface area contributed by atoms with E-state index in [1.54, 1.807) is 39.5 Å². The predicted molar refractivity (Wildman–Crippen MR) is 116 cm³/mol. The number of nitrogens with zero attached hydrogens (tertiary/aromatic N) is 1. The van der Waals surface area contributed by atoms with Crippen LogP contribution in [0.5, 0.6) is 0 Å². The summed E-state index contributed by atoms with van der Waals surface area (Å²) in [6, 6.07) is -1.63. The van der Waals surface area contributed by atoms with Crippen molar-refractivity contribution in [1.29, 1.82) is 0 Å². The van der Waals surface area contributed by atoms with Gasteiger partial charge in [-0.25, -0.2) is 9.59 Å². The smallest absolute Gasteiger partial charge is 0.408 e. The molecule has 178 valence electrons. The van der Waals surface area contributed by atoms with Crippen LogP contribution < -0.4 is 10.6 Å². The summed E-state index contributed by atoms with van der Waals surface area (Å²) in [5, 5.41) is 14.6. The molecule has 2 unspecified atom stereocenters. The van der Waals surface area contributed by atoms with Crippen molar-refractivity contribution in [1.82, 2.24) is 15.5 Å². The number of carboxylic acids is 1. The Morgan fingerprint density at radius 1 is 1.03 bits per heavy atom. The van der Waals surface area contributed by atoms with Gasteiger partial charge in [0.15, 0.2) is 0 Å². The van der Waals surface area contributed by atoms with Crippen molar-refractivity contribution in [2.45, 2.75) is 85.4 Å². The SMILES string of the molecule is CC(C)CC(NC(=O)OC(C)(C)C)C(=O)N1CCC(C(=O)NC(C(=O)O)C(C)C)CC1. The van der Waals surface area contributed by atoms with Gasteiger partial charge in [0.1, 0.15) is 17.7 Å². The highest BCUT2D eigenvalue weighted by atomic mass is 16.6. The molecule has 0 aromatic rings. The Bertz CT molecular complexity index is 648. The molecule has 1 rings (SSSR count). The first-order valence-corrected chi connectivity index (χ1v) is 11.0. The fourth-order valence-corrected chi connectivity index (χ4v) is 3.51. The minimum atomic E-state index is -1.05. The molecule has 1 fully saturated rings. The topological polar surface area (TPSA) is 125 Å². The number of alkyl carbamates (subject to hydrolysis) is 1. The molecule has 31 heavy (non-hydrogen) atoms. The van der Waals surface area contributed by atoms with E-state index >= 15 is 0 Å². The van der Waals surface area contributed by atoms with E-state index < -0.39 is 29.7 Å². The van der Waals surface area contributed by atoms with Crippen molar-refractivity contribution < 1.29 is 29.0 Å². The molecule has 0 spiro atoms. The number of ether oxygens (including phenoxy) is 1. The number of hydrogen-bond acceptors (Lipinski definition) is 5. The van der Waals surface area contributed by atoms with Crippen LogP contribution in [0.3, 0.4) is 0 Å². The number of piperidine rings is 1. The lowest BCUT2D eigenvalue weighted by Gasteiger charge is -2.35. The molecule has 1 saturated heterocycles. The second kappa shape index (κ2) is 11.3. The maximum absolute atomic E-state index is 13.0. The lowest BCUT2D eigenvalue weighted by Crippen LogP contribution is -2.53. The van der Waals surface area contributed by atoms with Gasteiger partial charge in [0.2, 0.25) is 11.8 Å². The van der Waals surface area contributed by atoms with Crippen LogP contribution in [-0.4, -0.2) is 64.7 Å².